The van der Waals surface area contributed by atoms with Crippen LogP contribution in [0.4, 0.5) is 0 Å². The second kappa shape index (κ2) is 7.82. The molecule has 4 rings (SSSR count). The normalized spacial score (nSPS) is 50.2. The van der Waals surface area contributed by atoms with E-state index in [9.17, 15) is 15.0 Å². The highest BCUT2D eigenvalue weighted by molar-refractivity contribution is 5.69. The SMILES string of the molecule is COC(=O)CC[C@@H](C)[C@@H]1CC[C@H]2[C@H]3CC[C@H]4C[C@H](O)CC[C@]4(C)[C@@H]3C[C@H](O)[C@@]21C. The van der Waals surface area contributed by atoms with E-state index in [1.807, 2.05) is 0 Å². The van der Waals surface area contributed by atoms with Crippen LogP contribution in [0.25, 0.3) is 0 Å². The largest absolute Gasteiger partial charge is 0.469 e. The molecule has 10 atom stereocenters. The zero-order valence-corrected chi connectivity index (χ0v) is 18.9. The van der Waals surface area contributed by atoms with Gasteiger partial charge in [0.1, 0.15) is 0 Å². The maximum absolute atomic E-state index is 11.6. The molecule has 4 saturated carbocycles. The zero-order valence-electron chi connectivity index (χ0n) is 18.9. The van der Waals surface area contributed by atoms with Crippen LogP contribution in [0.15, 0.2) is 0 Å². The summed E-state index contributed by atoms with van der Waals surface area (Å²) in [4.78, 5) is 11.6. The number of hydrogen-bond donors (Lipinski definition) is 2. The van der Waals surface area contributed by atoms with Crippen molar-refractivity contribution in [3.8, 4) is 0 Å². The maximum atomic E-state index is 11.6. The minimum absolute atomic E-state index is 0.0198. The molecule has 0 aromatic carbocycles. The Kier molecular flexibility index (Phi) is 5.83. The van der Waals surface area contributed by atoms with Gasteiger partial charge in [0.15, 0.2) is 0 Å². The highest BCUT2D eigenvalue weighted by atomic mass is 16.5. The third-order valence-electron chi connectivity index (χ3n) is 10.5. The summed E-state index contributed by atoms with van der Waals surface area (Å²) in [5.41, 5.74) is 0.271. The molecule has 0 spiro atoms. The quantitative estimate of drug-likeness (QED) is 0.671. The first-order valence-corrected chi connectivity index (χ1v) is 12.1. The monoisotopic (exact) mass is 406 g/mol. The van der Waals surface area contributed by atoms with E-state index in [2.05, 4.69) is 20.8 Å². The number of methoxy groups -OCH3 is 1. The van der Waals surface area contributed by atoms with Crippen molar-refractivity contribution in [1.82, 2.24) is 0 Å². The van der Waals surface area contributed by atoms with Gasteiger partial charge in [-0.15, -0.1) is 0 Å². The van der Waals surface area contributed by atoms with Crippen LogP contribution >= 0.6 is 0 Å². The summed E-state index contributed by atoms with van der Waals surface area (Å²) < 4.78 is 4.85. The fraction of sp³-hybridized carbons (Fsp3) is 0.960. The second-order valence-corrected chi connectivity index (χ2v) is 11.5. The number of ether oxygens (including phenoxy) is 1. The Morgan fingerprint density at radius 3 is 2.55 bits per heavy atom. The standard InChI is InChI=1S/C25H42O4/c1-15(5-10-23(28)29-4)19-8-9-20-18-7-6-16-13-17(26)11-12-24(16,2)21(18)14-22(27)25(19,20)3/h15-22,26-27H,5-14H2,1-4H3/t15-,16+,17-,18-,19+,20+,21-,22+,24+,25-/m1/s1. The molecule has 0 unspecified atom stereocenters. The van der Waals surface area contributed by atoms with Gasteiger partial charge in [-0.25, -0.2) is 0 Å². The summed E-state index contributed by atoms with van der Waals surface area (Å²) in [6.45, 7) is 7.12. The number of fused-ring (bicyclic) bond motifs is 5. The topological polar surface area (TPSA) is 66.8 Å². The van der Waals surface area contributed by atoms with Crippen LogP contribution in [-0.2, 0) is 9.53 Å². The Morgan fingerprint density at radius 1 is 1.07 bits per heavy atom. The molecule has 0 aromatic rings. The van der Waals surface area contributed by atoms with E-state index < -0.39 is 0 Å². The van der Waals surface area contributed by atoms with Crippen LogP contribution in [0.5, 0.6) is 0 Å². The van der Waals surface area contributed by atoms with Crippen LogP contribution in [0.2, 0.25) is 0 Å². The van der Waals surface area contributed by atoms with E-state index >= 15 is 0 Å². The molecule has 4 heteroatoms. The van der Waals surface area contributed by atoms with Crippen molar-refractivity contribution in [3.05, 3.63) is 0 Å². The van der Waals surface area contributed by atoms with Gasteiger partial charge in [0.2, 0.25) is 0 Å². The lowest BCUT2D eigenvalue weighted by molar-refractivity contribution is -0.175. The van der Waals surface area contributed by atoms with Crippen molar-refractivity contribution in [2.24, 2.45) is 46.3 Å². The summed E-state index contributed by atoms with van der Waals surface area (Å²) >= 11 is 0. The van der Waals surface area contributed by atoms with Gasteiger partial charge in [-0.3, -0.25) is 4.79 Å². The number of carbonyl (C=O) groups is 1. The van der Waals surface area contributed by atoms with Crippen molar-refractivity contribution in [1.29, 1.82) is 0 Å². The van der Waals surface area contributed by atoms with E-state index in [1.165, 1.54) is 32.8 Å². The molecule has 166 valence electrons. The fourth-order valence-electron chi connectivity index (χ4n) is 8.81. The molecule has 0 radical (unpaired) electrons. The van der Waals surface area contributed by atoms with Gasteiger partial charge in [-0.05, 0) is 104 Å². The predicted octanol–water partition coefficient (Wildman–Crippen LogP) is 4.57. The smallest absolute Gasteiger partial charge is 0.305 e. The van der Waals surface area contributed by atoms with Gasteiger partial charge in [0.25, 0.3) is 0 Å². The van der Waals surface area contributed by atoms with E-state index in [0.717, 1.165) is 38.0 Å². The van der Waals surface area contributed by atoms with Gasteiger partial charge in [-0.2, -0.15) is 0 Å². The van der Waals surface area contributed by atoms with Crippen molar-refractivity contribution >= 4 is 5.97 Å². The number of aliphatic hydroxyl groups excluding tert-OH is 2. The summed E-state index contributed by atoms with van der Waals surface area (Å²) in [5.74, 6) is 3.36. The molecular weight excluding hydrogens is 364 g/mol. The minimum atomic E-state index is -0.246. The molecule has 0 aromatic heterocycles. The summed E-state index contributed by atoms with van der Waals surface area (Å²) in [6, 6.07) is 0. The van der Waals surface area contributed by atoms with Crippen LogP contribution in [-0.4, -0.2) is 35.5 Å². The molecule has 0 bridgehead atoms. The first-order chi connectivity index (χ1) is 13.7. The van der Waals surface area contributed by atoms with Gasteiger partial charge in [0.05, 0.1) is 19.3 Å². The average Bonchev–Trinajstić information content (AvgIpc) is 3.06. The van der Waals surface area contributed by atoms with Crippen molar-refractivity contribution in [3.63, 3.8) is 0 Å². The third kappa shape index (κ3) is 3.37. The summed E-state index contributed by atoms with van der Waals surface area (Å²) in [5, 5.41) is 21.8. The highest BCUT2D eigenvalue weighted by Gasteiger charge is 2.63. The van der Waals surface area contributed by atoms with Gasteiger partial charge in [-0.1, -0.05) is 20.8 Å². The van der Waals surface area contributed by atoms with Crippen molar-refractivity contribution < 1.29 is 19.7 Å². The molecule has 4 fully saturated rings. The third-order valence-corrected chi connectivity index (χ3v) is 10.5. The Hall–Kier alpha value is -0.610. The average molecular weight is 407 g/mol. The maximum Gasteiger partial charge on any atom is 0.305 e. The second-order valence-electron chi connectivity index (χ2n) is 11.5. The van der Waals surface area contributed by atoms with Crippen molar-refractivity contribution in [2.45, 2.75) is 97.2 Å². The summed E-state index contributed by atoms with van der Waals surface area (Å²) in [6.07, 6.45) is 9.86. The van der Waals surface area contributed by atoms with E-state index in [1.54, 1.807) is 0 Å². The Labute approximate surface area is 176 Å². The summed E-state index contributed by atoms with van der Waals surface area (Å²) in [7, 11) is 1.46. The molecule has 0 aliphatic heterocycles. The van der Waals surface area contributed by atoms with Crippen LogP contribution in [0.1, 0.15) is 85.0 Å². The van der Waals surface area contributed by atoms with Crippen molar-refractivity contribution in [2.75, 3.05) is 7.11 Å². The fourth-order valence-corrected chi connectivity index (χ4v) is 8.81. The molecule has 0 heterocycles. The van der Waals surface area contributed by atoms with Gasteiger partial charge in [0, 0.05) is 6.42 Å². The van der Waals surface area contributed by atoms with E-state index in [4.69, 9.17) is 4.74 Å². The number of rotatable bonds is 4. The molecular formula is C25H42O4. The van der Waals surface area contributed by atoms with E-state index in [-0.39, 0.29) is 23.6 Å². The molecule has 4 aliphatic carbocycles. The predicted molar refractivity (Wildman–Crippen MR) is 113 cm³/mol. The Morgan fingerprint density at radius 2 is 1.83 bits per heavy atom. The lowest BCUT2D eigenvalue weighted by Crippen LogP contribution is -2.58. The first-order valence-electron chi connectivity index (χ1n) is 12.1. The zero-order chi connectivity index (χ0) is 21.0. The van der Waals surface area contributed by atoms with Crippen LogP contribution in [0, 0.1) is 46.3 Å². The van der Waals surface area contributed by atoms with Gasteiger partial charge < -0.3 is 14.9 Å². The molecule has 29 heavy (non-hydrogen) atoms. The van der Waals surface area contributed by atoms with E-state index in [0.29, 0.717) is 41.4 Å². The first kappa shape index (κ1) is 21.6. The Bertz CT molecular complexity index is 620. The molecule has 0 saturated heterocycles. The lowest BCUT2D eigenvalue weighted by Gasteiger charge is -2.62. The molecule has 0 amide bonds. The molecule has 4 aliphatic rings. The number of esters is 1. The van der Waals surface area contributed by atoms with Gasteiger partial charge >= 0.3 is 5.97 Å². The van der Waals surface area contributed by atoms with Crippen LogP contribution in [0.3, 0.4) is 0 Å². The molecule has 2 N–H and O–H groups in total. The lowest BCUT2D eigenvalue weighted by atomic mass is 9.43. The number of carbonyl (C=O) groups excluding carboxylic acids is 1. The minimum Gasteiger partial charge on any atom is -0.469 e. The molecule has 4 nitrogen and oxygen atoms in total. The Balaban J connectivity index is 1.53. The highest BCUT2D eigenvalue weighted by Crippen LogP contribution is 2.68. The number of hydrogen-bond acceptors (Lipinski definition) is 4. The number of aliphatic hydroxyl groups is 2. The van der Waals surface area contributed by atoms with Crippen LogP contribution < -0.4 is 0 Å².